The summed E-state index contributed by atoms with van der Waals surface area (Å²) in [7, 11) is 1.68. The molecule has 0 amide bonds. The van der Waals surface area contributed by atoms with Crippen LogP contribution in [-0.2, 0) is 23.5 Å². The van der Waals surface area contributed by atoms with Crippen molar-refractivity contribution in [2.45, 2.75) is 44.6 Å². The maximum absolute atomic E-state index is 12.2. The van der Waals surface area contributed by atoms with E-state index >= 15 is 0 Å². The molecule has 1 heterocycles. The molecule has 0 aliphatic heterocycles. The molecule has 1 aromatic heterocycles. The second-order valence-corrected chi connectivity index (χ2v) is 9.23. The molecule has 0 unspecified atom stereocenters. The van der Waals surface area contributed by atoms with Crippen molar-refractivity contribution in [2.24, 2.45) is 0 Å². The van der Waals surface area contributed by atoms with Crippen LogP contribution < -0.4 is 4.74 Å². The first-order valence-corrected chi connectivity index (χ1v) is 12.5. The van der Waals surface area contributed by atoms with E-state index in [1.165, 1.54) is 22.3 Å². The van der Waals surface area contributed by atoms with E-state index in [0.29, 0.717) is 12.2 Å². The third-order valence-corrected chi connectivity index (χ3v) is 6.89. The van der Waals surface area contributed by atoms with E-state index in [4.69, 9.17) is 14.5 Å². The van der Waals surface area contributed by atoms with Crippen molar-refractivity contribution in [3.05, 3.63) is 88.5 Å². The molecule has 0 radical (unpaired) electrons. The van der Waals surface area contributed by atoms with Gasteiger partial charge in [-0.25, -0.2) is 9.78 Å². The zero-order valence-corrected chi connectivity index (χ0v) is 20.9. The van der Waals surface area contributed by atoms with E-state index in [0.717, 1.165) is 40.7 Å². The lowest BCUT2D eigenvalue weighted by Gasteiger charge is -2.11. The van der Waals surface area contributed by atoms with Crippen LogP contribution in [0, 0.1) is 13.8 Å². The number of hydrogen-bond acceptors (Lipinski definition) is 5. The number of carbonyl (C=O) groups is 1. The fraction of sp³-hybridized carbons (Fsp3) is 0.286. The minimum absolute atomic E-state index is 0.318. The highest BCUT2D eigenvalue weighted by Gasteiger charge is 2.15. The summed E-state index contributed by atoms with van der Waals surface area (Å²) in [6.07, 6.45) is 0.867. The second-order valence-electron chi connectivity index (χ2n) is 8.29. The summed E-state index contributed by atoms with van der Waals surface area (Å²) in [5.74, 6) is 1.37. The highest BCUT2D eigenvalue weighted by molar-refractivity contribution is 7.98. The SMILES string of the molecule is CCOC(=O)c1ccc2c(c1)nc(SCc1ccc(C)cc1C)n2CCc1ccc(OC)cc1. The number of ether oxygens (including phenoxy) is 2. The minimum atomic E-state index is -0.318. The largest absolute Gasteiger partial charge is 0.497 e. The topological polar surface area (TPSA) is 53.3 Å². The highest BCUT2D eigenvalue weighted by atomic mass is 32.2. The predicted octanol–water partition coefficient (Wildman–Crippen LogP) is 6.37. The van der Waals surface area contributed by atoms with Crippen LogP contribution in [0.4, 0.5) is 0 Å². The highest BCUT2D eigenvalue weighted by Crippen LogP contribution is 2.29. The lowest BCUT2D eigenvalue weighted by molar-refractivity contribution is 0.0526. The first kappa shape index (κ1) is 23.9. The number of methoxy groups -OCH3 is 1. The molecule has 0 spiro atoms. The van der Waals surface area contributed by atoms with Crippen molar-refractivity contribution in [3.8, 4) is 5.75 Å². The van der Waals surface area contributed by atoms with Crippen LogP contribution in [0.5, 0.6) is 5.75 Å². The molecule has 0 bridgehead atoms. The Balaban J connectivity index is 1.63. The molecule has 0 saturated carbocycles. The lowest BCUT2D eigenvalue weighted by Crippen LogP contribution is -2.05. The zero-order chi connectivity index (χ0) is 24.1. The van der Waals surface area contributed by atoms with Crippen LogP contribution in [0.1, 0.15) is 39.5 Å². The van der Waals surface area contributed by atoms with Gasteiger partial charge in [0.2, 0.25) is 0 Å². The quantitative estimate of drug-likeness (QED) is 0.208. The monoisotopic (exact) mass is 474 g/mol. The van der Waals surface area contributed by atoms with Crippen molar-refractivity contribution < 1.29 is 14.3 Å². The number of rotatable bonds is 9. The fourth-order valence-electron chi connectivity index (χ4n) is 3.96. The smallest absolute Gasteiger partial charge is 0.338 e. The van der Waals surface area contributed by atoms with E-state index in [9.17, 15) is 4.79 Å². The van der Waals surface area contributed by atoms with Gasteiger partial charge in [-0.3, -0.25) is 0 Å². The molecular formula is C28H30N2O3S. The van der Waals surface area contributed by atoms with Gasteiger partial charge in [-0.1, -0.05) is 47.7 Å². The number of thioether (sulfide) groups is 1. The van der Waals surface area contributed by atoms with E-state index in [1.54, 1.807) is 18.9 Å². The number of aryl methyl sites for hydroxylation is 4. The summed E-state index contributed by atoms with van der Waals surface area (Å²) in [5.41, 5.74) is 7.45. The third kappa shape index (κ3) is 5.45. The van der Waals surface area contributed by atoms with E-state index < -0.39 is 0 Å². The maximum Gasteiger partial charge on any atom is 0.338 e. The van der Waals surface area contributed by atoms with Gasteiger partial charge in [-0.05, 0) is 74.2 Å². The van der Waals surface area contributed by atoms with Crippen LogP contribution in [0.2, 0.25) is 0 Å². The number of benzene rings is 3. The minimum Gasteiger partial charge on any atom is -0.497 e. The van der Waals surface area contributed by atoms with Gasteiger partial charge in [-0.15, -0.1) is 0 Å². The predicted molar refractivity (Wildman–Crippen MR) is 138 cm³/mol. The van der Waals surface area contributed by atoms with Crippen molar-refractivity contribution in [1.29, 1.82) is 0 Å². The molecule has 34 heavy (non-hydrogen) atoms. The number of carbonyl (C=O) groups excluding carboxylic acids is 1. The molecule has 4 aromatic rings. The van der Waals surface area contributed by atoms with Crippen LogP contribution in [0.3, 0.4) is 0 Å². The van der Waals surface area contributed by atoms with Gasteiger partial charge in [0.05, 0.1) is 30.3 Å². The number of fused-ring (bicyclic) bond motifs is 1. The van der Waals surface area contributed by atoms with Crippen molar-refractivity contribution >= 4 is 28.8 Å². The van der Waals surface area contributed by atoms with Gasteiger partial charge in [0.1, 0.15) is 5.75 Å². The van der Waals surface area contributed by atoms with E-state index in [1.807, 2.05) is 37.3 Å². The van der Waals surface area contributed by atoms with Gasteiger partial charge in [-0.2, -0.15) is 0 Å². The van der Waals surface area contributed by atoms with Gasteiger partial charge < -0.3 is 14.0 Å². The number of imidazole rings is 1. The van der Waals surface area contributed by atoms with E-state index in [2.05, 4.69) is 48.7 Å². The molecule has 6 heteroatoms. The van der Waals surface area contributed by atoms with Crippen LogP contribution in [0.25, 0.3) is 11.0 Å². The zero-order valence-electron chi connectivity index (χ0n) is 20.1. The van der Waals surface area contributed by atoms with Crippen LogP contribution >= 0.6 is 11.8 Å². The number of esters is 1. The summed E-state index contributed by atoms with van der Waals surface area (Å²) >= 11 is 1.73. The van der Waals surface area contributed by atoms with Crippen LogP contribution in [-0.4, -0.2) is 29.2 Å². The lowest BCUT2D eigenvalue weighted by atomic mass is 10.1. The van der Waals surface area contributed by atoms with Crippen molar-refractivity contribution in [1.82, 2.24) is 9.55 Å². The van der Waals surface area contributed by atoms with Crippen LogP contribution in [0.15, 0.2) is 65.8 Å². The standard InChI is InChI=1S/C28H30N2O3S/c1-5-33-27(31)22-10-13-26-25(17-22)29-28(34-18-23-9-6-19(2)16-20(23)3)30(26)15-14-21-7-11-24(32-4)12-8-21/h6-13,16-17H,5,14-15,18H2,1-4H3. The Labute approximate surface area is 205 Å². The Morgan fingerprint density at radius 3 is 2.53 bits per heavy atom. The first-order valence-electron chi connectivity index (χ1n) is 11.5. The second kappa shape index (κ2) is 10.8. The van der Waals surface area contributed by atoms with Crippen molar-refractivity contribution in [2.75, 3.05) is 13.7 Å². The molecule has 0 aliphatic carbocycles. The Hall–Kier alpha value is -3.25. The summed E-state index contributed by atoms with van der Waals surface area (Å²) in [5, 5.41) is 0.949. The summed E-state index contributed by atoms with van der Waals surface area (Å²) < 4.78 is 12.7. The average Bonchev–Trinajstić information content (AvgIpc) is 3.19. The Morgan fingerprint density at radius 2 is 1.82 bits per heavy atom. The number of aromatic nitrogens is 2. The summed E-state index contributed by atoms with van der Waals surface area (Å²) in [6, 6.07) is 20.4. The normalized spacial score (nSPS) is 11.1. The average molecular weight is 475 g/mol. The van der Waals surface area contributed by atoms with E-state index in [-0.39, 0.29) is 5.97 Å². The molecule has 176 valence electrons. The van der Waals surface area contributed by atoms with Gasteiger partial charge in [0.15, 0.2) is 5.16 Å². The van der Waals surface area contributed by atoms with Crippen molar-refractivity contribution in [3.63, 3.8) is 0 Å². The summed E-state index contributed by atoms with van der Waals surface area (Å²) in [4.78, 5) is 17.2. The third-order valence-electron chi connectivity index (χ3n) is 5.86. The number of hydrogen-bond donors (Lipinski definition) is 0. The van der Waals surface area contributed by atoms with Gasteiger partial charge in [0.25, 0.3) is 0 Å². The number of nitrogens with zero attached hydrogens (tertiary/aromatic N) is 2. The molecule has 0 atom stereocenters. The maximum atomic E-state index is 12.2. The summed E-state index contributed by atoms with van der Waals surface area (Å²) in [6.45, 7) is 7.22. The Bertz CT molecular complexity index is 1300. The Kier molecular flexibility index (Phi) is 7.58. The molecule has 0 N–H and O–H groups in total. The molecule has 3 aromatic carbocycles. The molecule has 0 saturated heterocycles. The molecular weight excluding hydrogens is 444 g/mol. The van der Waals surface area contributed by atoms with Gasteiger partial charge in [0, 0.05) is 12.3 Å². The fourth-order valence-corrected chi connectivity index (χ4v) is 5.08. The molecule has 5 nitrogen and oxygen atoms in total. The molecule has 0 aliphatic rings. The molecule has 4 rings (SSSR count). The first-order chi connectivity index (χ1) is 16.5. The van der Waals surface area contributed by atoms with Gasteiger partial charge >= 0.3 is 5.97 Å². The Morgan fingerprint density at radius 1 is 1.03 bits per heavy atom. The molecule has 0 fully saturated rings.